The van der Waals surface area contributed by atoms with Gasteiger partial charge in [0.15, 0.2) is 0 Å². The molecule has 0 heterocycles. The lowest BCUT2D eigenvalue weighted by Crippen LogP contribution is -2.23. The summed E-state index contributed by atoms with van der Waals surface area (Å²) in [7, 11) is 0. The van der Waals surface area contributed by atoms with Crippen molar-refractivity contribution in [2.45, 2.75) is 11.8 Å². The maximum atomic E-state index is 11.6. The van der Waals surface area contributed by atoms with Crippen LogP contribution in [-0.4, -0.2) is 12.5 Å². The molecule has 4 heteroatoms. The summed E-state index contributed by atoms with van der Waals surface area (Å²) < 4.78 is 0. The molecule has 0 aliphatic carbocycles. The molecule has 0 unspecified atom stereocenters. The summed E-state index contributed by atoms with van der Waals surface area (Å²) in [5.41, 5.74) is 0.419. The molecule has 1 N–H and O–H groups in total. The van der Waals surface area contributed by atoms with E-state index in [0.717, 1.165) is 0 Å². The minimum atomic E-state index is -0.237. The Morgan fingerprint density at radius 3 is 3.00 bits per heavy atom. The molecule has 0 saturated carbocycles. The van der Waals surface area contributed by atoms with Gasteiger partial charge in [0.2, 0.25) is 0 Å². The van der Waals surface area contributed by atoms with Crippen LogP contribution in [0.25, 0.3) is 0 Å². The summed E-state index contributed by atoms with van der Waals surface area (Å²) in [5, 5.41) is 3.05. The van der Waals surface area contributed by atoms with Gasteiger partial charge in [-0.1, -0.05) is 17.5 Å². The monoisotopic (exact) mass is 239 g/mol. The molecule has 1 rings (SSSR count). The predicted octanol–water partition coefficient (Wildman–Crippen LogP) is 2.38. The SMILES string of the molecule is CC#CCNC(=O)c1cc(S)ccc1Cl. The minimum absolute atomic E-state index is 0.237. The van der Waals surface area contributed by atoms with Gasteiger partial charge >= 0.3 is 0 Å². The average molecular weight is 240 g/mol. The van der Waals surface area contributed by atoms with Crippen molar-refractivity contribution in [1.29, 1.82) is 0 Å². The summed E-state index contributed by atoms with van der Waals surface area (Å²) in [6.07, 6.45) is 0. The molecule has 1 aromatic rings. The van der Waals surface area contributed by atoms with Crippen LogP contribution in [0.2, 0.25) is 5.02 Å². The minimum Gasteiger partial charge on any atom is -0.341 e. The second kappa shape index (κ2) is 5.69. The van der Waals surface area contributed by atoms with Gasteiger partial charge in [-0.15, -0.1) is 18.5 Å². The number of hydrogen-bond acceptors (Lipinski definition) is 2. The molecule has 0 atom stereocenters. The topological polar surface area (TPSA) is 29.1 Å². The van der Waals surface area contributed by atoms with E-state index in [1.165, 1.54) is 0 Å². The Balaban J connectivity index is 2.80. The van der Waals surface area contributed by atoms with Crippen LogP contribution in [0, 0.1) is 11.8 Å². The van der Waals surface area contributed by atoms with Crippen LogP contribution in [-0.2, 0) is 0 Å². The molecule has 0 saturated heterocycles. The molecule has 0 aliphatic rings. The quantitative estimate of drug-likeness (QED) is 0.602. The van der Waals surface area contributed by atoms with Gasteiger partial charge in [-0.2, -0.15) is 0 Å². The van der Waals surface area contributed by atoms with Crippen LogP contribution < -0.4 is 5.32 Å². The van der Waals surface area contributed by atoms with Crippen molar-refractivity contribution >= 4 is 30.1 Å². The fourth-order valence-electron chi connectivity index (χ4n) is 0.995. The molecule has 15 heavy (non-hydrogen) atoms. The van der Waals surface area contributed by atoms with Crippen LogP contribution in [0.1, 0.15) is 17.3 Å². The molecule has 0 aromatic heterocycles. The molecule has 0 fully saturated rings. The number of benzene rings is 1. The van der Waals surface area contributed by atoms with Crippen molar-refractivity contribution < 1.29 is 4.79 Å². The van der Waals surface area contributed by atoms with Crippen molar-refractivity contribution in [1.82, 2.24) is 5.32 Å². The summed E-state index contributed by atoms with van der Waals surface area (Å²) in [5.74, 6) is 5.19. The molecule has 1 aromatic carbocycles. The van der Waals surface area contributed by atoms with E-state index in [4.69, 9.17) is 11.6 Å². The summed E-state index contributed by atoms with van der Waals surface area (Å²) in [4.78, 5) is 12.3. The van der Waals surface area contributed by atoms with Crippen molar-refractivity contribution in [2.75, 3.05) is 6.54 Å². The number of nitrogens with one attached hydrogen (secondary N) is 1. The largest absolute Gasteiger partial charge is 0.341 e. The average Bonchev–Trinajstić information content (AvgIpc) is 2.22. The maximum Gasteiger partial charge on any atom is 0.253 e. The first-order valence-corrected chi connectivity index (χ1v) is 5.14. The number of carbonyl (C=O) groups is 1. The fourth-order valence-corrected chi connectivity index (χ4v) is 1.40. The van der Waals surface area contributed by atoms with Crippen molar-refractivity contribution in [3.05, 3.63) is 28.8 Å². The zero-order chi connectivity index (χ0) is 11.3. The van der Waals surface area contributed by atoms with Crippen molar-refractivity contribution in [3.8, 4) is 11.8 Å². The van der Waals surface area contributed by atoms with Gasteiger partial charge in [0, 0.05) is 4.90 Å². The number of amides is 1. The standard InChI is InChI=1S/C11H10ClNOS/c1-2-3-6-13-11(14)9-7-8(15)4-5-10(9)12/h4-5,7,15H,6H2,1H3,(H,13,14). The van der Waals surface area contributed by atoms with E-state index in [1.54, 1.807) is 25.1 Å². The molecule has 0 bridgehead atoms. The maximum absolute atomic E-state index is 11.6. The zero-order valence-corrected chi connectivity index (χ0v) is 9.82. The number of rotatable bonds is 2. The second-order valence-corrected chi connectivity index (χ2v) is 3.70. The predicted molar refractivity (Wildman–Crippen MR) is 64.5 cm³/mol. The van der Waals surface area contributed by atoms with Gasteiger partial charge in [-0.25, -0.2) is 0 Å². The molecule has 78 valence electrons. The molecule has 0 aliphatic heterocycles. The number of halogens is 1. The van der Waals surface area contributed by atoms with E-state index in [9.17, 15) is 4.79 Å². The Bertz CT molecular complexity index is 434. The number of thiol groups is 1. The normalized spacial score (nSPS) is 9.00. The van der Waals surface area contributed by atoms with E-state index in [0.29, 0.717) is 22.0 Å². The third-order valence-corrected chi connectivity index (χ3v) is 2.32. The van der Waals surface area contributed by atoms with E-state index in [-0.39, 0.29) is 5.91 Å². The Kier molecular flexibility index (Phi) is 4.54. The van der Waals surface area contributed by atoms with Gasteiger partial charge in [-0.05, 0) is 25.1 Å². The number of hydrogen-bond donors (Lipinski definition) is 2. The Labute approximate surface area is 99.4 Å². The molecular weight excluding hydrogens is 230 g/mol. The fraction of sp³-hybridized carbons (Fsp3) is 0.182. The van der Waals surface area contributed by atoms with Crippen LogP contribution in [0.3, 0.4) is 0 Å². The third-order valence-electron chi connectivity index (χ3n) is 1.71. The van der Waals surface area contributed by atoms with Gasteiger partial charge in [0.05, 0.1) is 17.1 Å². The summed E-state index contributed by atoms with van der Waals surface area (Å²) >= 11 is 10.0. The highest BCUT2D eigenvalue weighted by molar-refractivity contribution is 7.80. The molecule has 0 radical (unpaired) electrons. The molecule has 2 nitrogen and oxygen atoms in total. The summed E-state index contributed by atoms with van der Waals surface area (Å²) in [6.45, 7) is 2.04. The summed E-state index contributed by atoms with van der Waals surface area (Å²) in [6, 6.07) is 5.00. The van der Waals surface area contributed by atoms with E-state index in [1.807, 2.05) is 0 Å². The third kappa shape index (κ3) is 3.50. The Morgan fingerprint density at radius 2 is 2.33 bits per heavy atom. The lowest BCUT2D eigenvalue weighted by molar-refractivity contribution is 0.0958. The number of carbonyl (C=O) groups excluding carboxylic acids is 1. The molecule has 0 spiro atoms. The smallest absolute Gasteiger partial charge is 0.253 e. The Morgan fingerprint density at radius 1 is 1.60 bits per heavy atom. The van der Waals surface area contributed by atoms with E-state index in [2.05, 4.69) is 29.8 Å². The van der Waals surface area contributed by atoms with E-state index < -0.39 is 0 Å². The second-order valence-electron chi connectivity index (χ2n) is 2.77. The van der Waals surface area contributed by atoms with Crippen LogP contribution in [0.15, 0.2) is 23.1 Å². The lowest BCUT2D eigenvalue weighted by atomic mass is 10.2. The van der Waals surface area contributed by atoms with Crippen LogP contribution >= 0.6 is 24.2 Å². The van der Waals surface area contributed by atoms with Crippen LogP contribution in [0.5, 0.6) is 0 Å². The first kappa shape index (κ1) is 12.0. The van der Waals surface area contributed by atoms with E-state index >= 15 is 0 Å². The first-order valence-electron chi connectivity index (χ1n) is 4.31. The van der Waals surface area contributed by atoms with Crippen molar-refractivity contribution in [2.24, 2.45) is 0 Å². The van der Waals surface area contributed by atoms with Gasteiger partial charge in [0.1, 0.15) is 0 Å². The highest BCUT2D eigenvalue weighted by Gasteiger charge is 2.09. The Hall–Kier alpha value is -1.11. The zero-order valence-electron chi connectivity index (χ0n) is 8.17. The molecular formula is C11H10ClNOS. The first-order chi connectivity index (χ1) is 7.15. The van der Waals surface area contributed by atoms with Gasteiger partial charge in [0.25, 0.3) is 5.91 Å². The lowest BCUT2D eigenvalue weighted by Gasteiger charge is -2.04. The highest BCUT2D eigenvalue weighted by atomic mass is 35.5. The molecule has 1 amide bonds. The van der Waals surface area contributed by atoms with Crippen LogP contribution in [0.4, 0.5) is 0 Å². The van der Waals surface area contributed by atoms with Crippen molar-refractivity contribution in [3.63, 3.8) is 0 Å². The van der Waals surface area contributed by atoms with Gasteiger partial charge < -0.3 is 5.32 Å². The highest BCUT2D eigenvalue weighted by Crippen LogP contribution is 2.19. The van der Waals surface area contributed by atoms with Gasteiger partial charge in [-0.3, -0.25) is 4.79 Å².